The number of aliphatic hydroxyl groups is 1. The molecule has 14 heavy (non-hydrogen) atoms. The molecule has 0 fully saturated rings. The molecule has 0 spiro atoms. The molecule has 0 aliphatic rings. The van der Waals surface area contributed by atoms with Crippen molar-refractivity contribution in [3.05, 3.63) is 42.9 Å². The Morgan fingerprint density at radius 2 is 2.00 bits per heavy atom. The van der Waals surface area contributed by atoms with Gasteiger partial charge in [-0.05, 0) is 0 Å². The summed E-state index contributed by atoms with van der Waals surface area (Å²) in [6.45, 7) is 0.740. The van der Waals surface area contributed by atoms with Crippen molar-refractivity contribution in [2.45, 2.75) is 6.54 Å². The molecule has 2 aromatic rings. The second-order valence-electron chi connectivity index (χ2n) is 3.09. The minimum atomic E-state index is 0.143. The van der Waals surface area contributed by atoms with Gasteiger partial charge in [-0.3, -0.25) is 0 Å². The molecular formula is C11H12N2O. The molecule has 3 heteroatoms. The van der Waals surface area contributed by atoms with Crippen molar-refractivity contribution >= 4 is 0 Å². The molecule has 1 aromatic carbocycles. The quantitative estimate of drug-likeness (QED) is 0.793. The summed E-state index contributed by atoms with van der Waals surface area (Å²) in [5, 5.41) is 8.75. The lowest BCUT2D eigenvalue weighted by atomic mass is 10.2. The molecule has 1 aromatic heterocycles. The SMILES string of the molecule is OCCn1cnc(-c2ccccc2)c1. The first-order valence-electron chi connectivity index (χ1n) is 4.58. The lowest BCUT2D eigenvalue weighted by Gasteiger charge is -1.96. The second kappa shape index (κ2) is 4.07. The Labute approximate surface area is 82.7 Å². The monoisotopic (exact) mass is 188 g/mol. The van der Waals surface area contributed by atoms with Crippen LogP contribution in [0.15, 0.2) is 42.9 Å². The number of aliphatic hydroxyl groups excluding tert-OH is 1. The van der Waals surface area contributed by atoms with Crippen molar-refractivity contribution < 1.29 is 5.11 Å². The number of benzene rings is 1. The molecule has 0 saturated carbocycles. The van der Waals surface area contributed by atoms with Gasteiger partial charge in [-0.2, -0.15) is 0 Å². The van der Waals surface area contributed by atoms with Crippen molar-refractivity contribution in [2.75, 3.05) is 6.61 Å². The van der Waals surface area contributed by atoms with Crippen LogP contribution in [0.25, 0.3) is 11.3 Å². The number of rotatable bonds is 3. The Morgan fingerprint density at radius 3 is 2.71 bits per heavy atom. The van der Waals surface area contributed by atoms with Crippen LogP contribution in [0.2, 0.25) is 0 Å². The van der Waals surface area contributed by atoms with Crippen molar-refractivity contribution in [2.24, 2.45) is 0 Å². The average Bonchev–Trinajstić information content (AvgIpc) is 2.68. The highest BCUT2D eigenvalue weighted by Gasteiger charge is 1.99. The van der Waals surface area contributed by atoms with Crippen LogP contribution in [0.3, 0.4) is 0 Å². The molecule has 0 radical (unpaired) electrons. The molecule has 72 valence electrons. The van der Waals surface area contributed by atoms with E-state index in [0.717, 1.165) is 11.3 Å². The summed E-state index contributed by atoms with van der Waals surface area (Å²) < 4.78 is 1.88. The molecule has 0 aliphatic heterocycles. The molecule has 0 unspecified atom stereocenters. The Bertz CT molecular complexity index is 395. The molecular weight excluding hydrogens is 176 g/mol. The molecule has 0 bridgehead atoms. The van der Waals surface area contributed by atoms with E-state index in [2.05, 4.69) is 4.98 Å². The van der Waals surface area contributed by atoms with Gasteiger partial charge in [0.25, 0.3) is 0 Å². The fraction of sp³-hybridized carbons (Fsp3) is 0.182. The molecule has 3 nitrogen and oxygen atoms in total. The zero-order chi connectivity index (χ0) is 9.80. The Kier molecular flexibility index (Phi) is 2.60. The normalized spacial score (nSPS) is 10.4. The molecule has 0 aliphatic carbocycles. The van der Waals surface area contributed by atoms with Crippen LogP contribution in [-0.4, -0.2) is 21.3 Å². The largest absolute Gasteiger partial charge is 0.395 e. The first-order valence-corrected chi connectivity index (χ1v) is 4.58. The Hall–Kier alpha value is -1.61. The first-order chi connectivity index (χ1) is 6.90. The molecule has 2 rings (SSSR count). The fourth-order valence-corrected chi connectivity index (χ4v) is 1.36. The van der Waals surface area contributed by atoms with Gasteiger partial charge in [0.15, 0.2) is 0 Å². The standard InChI is InChI=1S/C11H12N2O/c14-7-6-13-8-11(12-9-13)10-4-2-1-3-5-10/h1-5,8-9,14H,6-7H2. The van der Waals surface area contributed by atoms with Gasteiger partial charge in [0.2, 0.25) is 0 Å². The van der Waals surface area contributed by atoms with Crippen molar-refractivity contribution in [1.82, 2.24) is 9.55 Å². The lowest BCUT2D eigenvalue weighted by Crippen LogP contribution is -1.97. The van der Waals surface area contributed by atoms with Crippen LogP contribution in [0, 0.1) is 0 Å². The van der Waals surface area contributed by atoms with E-state index >= 15 is 0 Å². The minimum Gasteiger partial charge on any atom is -0.395 e. The van der Waals surface area contributed by atoms with Gasteiger partial charge < -0.3 is 9.67 Å². The Morgan fingerprint density at radius 1 is 1.21 bits per heavy atom. The van der Waals surface area contributed by atoms with Crippen molar-refractivity contribution in [3.63, 3.8) is 0 Å². The van der Waals surface area contributed by atoms with E-state index in [9.17, 15) is 0 Å². The smallest absolute Gasteiger partial charge is 0.0954 e. The summed E-state index contributed by atoms with van der Waals surface area (Å²) in [5.74, 6) is 0. The number of aromatic nitrogens is 2. The third-order valence-corrected chi connectivity index (χ3v) is 2.06. The minimum absolute atomic E-state index is 0.143. The fourth-order valence-electron chi connectivity index (χ4n) is 1.36. The van der Waals surface area contributed by atoms with Gasteiger partial charge in [0, 0.05) is 18.3 Å². The van der Waals surface area contributed by atoms with Crippen molar-refractivity contribution in [1.29, 1.82) is 0 Å². The van der Waals surface area contributed by atoms with E-state index in [-0.39, 0.29) is 6.61 Å². The van der Waals surface area contributed by atoms with E-state index in [1.54, 1.807) is 6.33 Å². The average molecular weight is 188 g/mol. The highest BCUT2D eigenvalue weighted by Crippen LogP contribution is 2.15. The third-order valence-electron chi connectivity index (χ3n) is 2.06. The summed E-state index contributed by atoms with van der Waals surface area (Å²) >= 11 is 0. The summed E-state index contributed by atoms with van der Waals surface area (Å²) in [7, 11) is 0. The molecule has 0 saturated heterocycles. The predicted molar refractivity (Wildman–Crippen MR) is 54.7 cm³/mol. The van der Waals surface area contributed by atoms with Gasteiger partial charge in [0.05, 0.1) is 18.6 Å². The predicted octanol–water partition coefficient (Wildman–Crippen LogP) is 1.54. The Balaban J connectivity index is 2.25. The number of hydrogen-bond acceptors (Lipinski definition) is 2. The highest BCUT2D eigenvalue weighted by atomic mass is 16.3. The highest BCUT2D eigenvalue weighted by molar-refractivity contribution is 5.57. The van der Waals surface area contributed by atoms with Gasteiger partial charge in [0.1, 0.15) is 0 Å². The van der Waals surface area contributed by atoms with Crippen LogP contribution in [0.4, 0.5) is 0 Å². The van der Waals surface area contributed by atoms with E-state index in [1.165, 1.54) is 0 Å². The van der Waals surface area contributed by atoms with Crippen LogP contribution in [0.5, 0.6) is 0 Å². The maximum Gasteiger partial charge on any atom is 0.0954 e. The molecule has 0 atom stereocenters. The molecule has 1 N–H and O–H groups in total. The van der Waals surface area contributed by atoms with Gasteiger partial charge in [-0.25, -0.2) is 4.98 Å². The number of nitrogens with zero attached hydrogens (tertiary/aromatic N) is 2. The number of imidazole rings is 1. The van der Waals surface area contributed by atoms with Gasteiger partial charge in [-0.1, -0.05) is 30.3 Å². The topological polar surface area (TPSA) is 38.0 Å². The van der Waals surface area contributed by atoms with Crippen LogP contribution in [-0.2, 0) is 6.54 Å². The first kappa shape index (κ1) is 8.97. The summed E-state index contributed by atoms with van der Waals surface area (Å²) in [4.78, 5) is 4.26. The number of hydrogen-bond donors (Lipinski definition) is 1. The zero-order valence-corrected chi connectivity index (χ0v) is 7.80. The van der Waals surface area contributed by atoms with E-state index in [4.69, 9.17) is 5.11 Å². The van der Waals surface area contributed by atoms with Crippen molar-refractivity contribution in [3.8, 4) is 11.3 Å². The van der Waals surface area contributed by atoms with E-state index < -0.39 is 0 Å². The summed E-state index contributed by atoms with van der Waals surface area (Å²) in [5.41, 5.74) is 2.04. The molecule has 0 amide bonds. The van der Waals surface area contributed by atoms with Crippen LogP contribution >= 0.6 is 0 Å². The lowest BCUT2D eigenvalue weighted by molar-refractivity contribution is 0.276. The summed E-state index contributed by atoms with van der Waals surface area (Å²) in [6.07, 6.45) is 3.67. The van der Waals surface area contributed by atoms with Crippen LogP contribution in [0.1, 0.15) is 0 Å². The third kappa shape index (κ3) is 1.83. The van der Waals surface area contributed by atoms with Gasteiger partial charge >= 0.3 is 0 Å². The second-order valence-corrected chi connectivity index (χ2v) is 3.09. The van der Waals surface area contributed by atoms with Crippen LogP contribution < -0.4 is 0 Å². The maximum atomic E-state index is 8.75. The van der Waals surface area contributed by atoms with Gasteiger partial charge in [-0.15, -0.1) is 0 Å². The molecule has 1 heterocycles. The zero-order valence-electron chi connectivity index (χ0n) is 7.80. The maximum absolute atomic E-state index is 8.75. The van der Waals surface area contributed by atoms with E-state index in [1.807, 2.05) is 41.1 Å². The van der Waals surface area contributed by atoms with E-state index in [0.29, 0.717) is 6.54 Å². The summed E-state index contributed by atoms with van der Waals surface area (Å²) in [6, 6.07) is 9.99.